The molecule has 5 heteroatoms. The summed E-state index contributed by atoms with van der Waals surface area (Å²) in [7, 11) is 3.10. The first-order chi connectivity index (χ1) is 12.7. The number of carbonyl (C=O) groups is 1. The zero-order chi connectivity index (χ0) is 18.8. The third kappa shape index (κ3) is 5.34. The van der Waals surface area contributed by atoms with Crippen molar-refractivity contribution in [2.75, 3.05) is 14.2 Å². The number of hydrogen-bond donors (Lipinski definition) is 1. The first-order valence-electron chi connectivity index (χ1n) is 8.84. The Bertz CT molecular complexity index is 742. The van der Waals surface area contributed by atoms with Gasteiger partial charge in [0.1, 0.15) is 0 Å². The Labute approximate surface area is 155 Å². The molecule has 0 aliphatic heterocycles. The molecule has 0 bridgehead atoms. The Morgan fingerprint density at radius 2 is 1.69 bits per heavy atom. The second kappa shape index (κ2) is 10.2. The molecule has 138 valence electrons. The molecule has 5 nitrogen and oxygen atoms in total. The van der Waals surface area contributed by atoms with Crippen molar-refractivity contribution in [1.29, 1.82) is 0 Å². The summed E-state index contributed by atoms with van der Waals surface area (Å²) < 4.78 is 10.4. The van der Waals surface area contributed by atoms with E-state index in [1.54, 1.807) is 32.4 Å². The first kappa shape index (κ1) is 19.5. The van der Waals surface area contributed by atoms with Crippen molar-refractivity contribution in [3.05, 3.63) is 59.7 Å². The van der Waals surface area contributed by atoms with Gasteiger partial charge in [0.2, 0.25) is 0 Å². The molecule has 0 aliphatic carbocycles. The van der Waals surface area contributed by atoms with Gasteiger partial charge in [0.25, 0.3) is 5.91 Å². The minimum atomic E-state index is -0.283. The minimum Gasteiger partial charge on any atom is -0.493 e. The lowest BCUT2D eigenvalue weighted by molar-refractivity contribution is 0.0954. The van der Waals surface area contributed by atoms with E-state index in [0.717, 1.165) is 37.0 Å². The summed E-state index contributed by atoms with van der Waals surface area (Å²) in [6.45, 7) is 2.16. The summed E-state index contributed by atoms with van der Waals surface area (Å²) in [6.07, 6.45) is 4.13. The largest absolute Gasteiger partial charge is 0.493 e. The summed E-state index contributed by atoms with van der Waals surface area (Å²) in [6, 6.07) is 15.0. The molecule has 2 aromatic carbocycles. The third-order valence-corrected chi connectivity index (χ3v) is 4.06. The highest BCUT2D eigenvalue weighted by Gasteiger charge is 2.11. The Hall–Kier alpha value is -2.82. The molecule has 0 atom stereocenters. The van der Waals surface area contributed by atoms with Crippen molar-refractivity contribution in [3.8, 4) is 11.5 Å². The van der Waals surface area contributed by atoms with Gasteiger partial charge in [-0.25, -0.2) is 5.43 Å². The maximum atomic E-state index is 12.5. The number of benzene rings is 2. The van der Waals surface area contributed by atoms with Gasteiger partial charge < -0.3 is 9.47 Å². The lowest BCUT2D eigenvalue weighted by Gasteiger charge is -2.10. The first-order valence-corrected chi connectivity index (χ1v) is 8.84. The molecule has 0 unspecified atom stereocenters. The predicted molar refractivity (Wildman–Crippen MR) is 104 cm³/mol. The number of unbranched alkanes of at least 4 members (excludes halogenated alkanes) is 2. The Balaban J connectivity index is 2.16. The fourth-order valence-corrected chi connectivity index (χ4v) is 2.60. The third-order valence-electron chi connectivity index (χ3n) is 4.06. The van der Waals surface area contributed by atoms with Crippen LogP contribution in [-0.4, -0.2) is 25.8 Å². The van der Waals surface area contributed by atoms with Gasteiger partial charge in [0.05, 0.1) is 19.9 Å². The van der Waals surface area contributed by atoms with Crippen molar-refractivity contribution in [1.82, 2.24) is 5.43 Å². The number of nitrogens with zero attached hydrogens (tertiary/aromatic N) is 1. The van der Waals surface area contributed by atoms with Gasteiger partial charge >= 0.3 is 0 Å². The van der Waals surface area contributed by atoms with Crippen molar-refractivity contribution in [3.63, 3.8) is 0 Å². The maximum absolute atomic E-state index is 12.5. The van der Waals surface area contributed by atoms with Crippen molar-refractivity contribution in [2.45, 2.75) is 32.6 Å². The molecule has 0 fully saturated rings. The van der Waals surface area contributed by atoms with Crippen LogP contribution in [0.25, 0.3) is 0 Å². The molecule has 0 spiro atoms. The highest BCUT2D eigenvalue weighted by molar-refractivity contribution is 6.02. The van der Waals surface area contributed by atoms with Gasteiger partial charge in [-0.3, -0.25) is 4.79 Å². The second-order valence-electron chi connectivity index (χ2n) is 5.89. The molecule has 0 aromatic heterocycles. The SMILES string of the molecule is CCCCC/C(=N/NC(=O)c1ccc(OC)c(OC)c1)c1ccccc1. The zero-order valence-electron chi connectivity index (χ0n) is 15.6. The van der Waals surface area contributed by atoms with Gasteiger partial charge in [-0.1, -0.05) is 50.1 Å². The maximum Gasteiger partial charge on any atom is 0.271 e. The molecule has 1 amide bonds. The van der Waals surface area contributed by atoms with E-state index in [1.807, 2.05) is 30.3 Å². The smallest absolute Gasteiger partial charge is 0.271 e. The Kier molecular flexibility index (Phi) is 7.68. The Morgan fingerprint density at radius 3 is 2.35 bits per heavy atom. The molecule has 2 aromatic rings. The monoisotopic (exact) mass is 354 g/mol. The quantitative estimate of drug-likeness (QED) is 0.412. The average Bonchev–Trinajstić information content (AvgIpc) is 2.70. The molecule has 26 heavy (non-hydrogen) atoms. The highest BCUT2D eigenvalue weighted by atomic mass is 16.5. The zero-order valence-corrected chi connectivity index (χ0v) is 15.6. The van der Waals surface area contributed by atoms with Crippen LogP contribution in [0.3, 0.4) is 0 Å². The molecular formula is C21H26N2O3. The fourth-order valence-electron chi connectivity index (χ4n) is 2.60. The normalized spacial score (nSPS) is 11.1. The molecule has 1 N–H and O–H groups in total. The average molecular weight is 354 g/mol. The summed E-state index contributed by atoms with van der Waals surface area (Å²) in [5.41, 5.74) is 5.04. The van der Waals surface area contributed by atoms with Gasteiger partial charge in [-0.05, 0) is 36.6 Å². The van der Waals surface area contributed by atoms with Gasteiger partial charge in [-0.15, -0.1) is 0 Å². The summed E-state index contributed by atoms with van der Waals surface area (Å²) >= 11 is 0. The number of methoxy groups -OCH3 is 2. The van der Waals surface area contributed by atoms with Crippen molar-refractivity contribution >= 4 is 11.6 Å². The van der Waals surface area contributed by atoms with Crippen LogP contribution in [0.1, 0.15) is 48.5 Å². The highest BCUT2D eigenvalue weighted by Crippen LogP contribution is 2.27. The van der Waals surface area contributed by atoms with Crippen LogP contribution in [0.2, 0.25) is 0 Å². The number of hydrazone groups is 1. The molecule has 0 aliphatic rings. The molecule has 0 saturated heterocycles. The molecule has 0 radical (unpaired) electrons. The number of carbonyl (C=O) groups excluding carboxylic acids is 1. The summed E-state index contributed by atoms with van der Waals surface area (Å²) in [5, 5.41) is 4.39. The number of rotatable bonds is 9. The number of ether oxygens (including phenoxy) is 2. The minimum absolute atomic E-state index is 0.283. The van der Waals surface area contributed by atoms with E-state index in [1.165, 1.54) is 0 Å². The van der Waals surface area contributed by atoms with Gasteiger partial charge in [0.15, 0.2) is 11.5 Å². The number of hydrogen-bond acceptors (Lipinski definition) is 4. The standard InChI is InChI=1S/C21H26N2O3/c1-4-5-7-12-18(16-10-8-6-9-11-16)22-23-21(24)17-13-14-19(25-2)20(15-17)26-3/h6,8-11,13-15H,4-5,7,12H2,1-3H3,(H,23,24)/b22-18-. The van der Waals surface area contributed by atoms with Crippen LogP contribution < -0.4 is 14.9 Å². The van der Waals surface area contributed by atoms with Gasteiger partial charge in [0, 0.05) is 5.56 Å². The van der Waals surface area contributed by atoms with Crippen LogP contribution in [0, 0.1) is 0 Å². The van der Waals surface area contributed by atoms with E-state index in [-0.39, 0.29) is 5.91 Å². The molecule has 0 heterocycles. The van der Waals surface area contributed by atoms with E-state index in [0.29, 0.717) is 17.1 Å². The van der Waals surface area contributed by atoms with E-state index in [2.05, 4.69) is 17.5 Å². The number of nitrogens with one attached hydrogen (secondary N) is 1. The van der Waals surface area contributed by atoms with Gasteiger partial charge in [-0.2, -0.15) is 5.10 Å². The van der Waals surface area contributed by atoms with E-state index >= 15 is 0 Å². The lowest BCUT2D eigenvalue weighted by atomic mass is 10.0. The van der Waals surface area contributed by atoms with E-state index < -0.39 is 0 Å². The molecule has 2 rings (SSSR count). The van der Waals surface area contributed by atoms with Crippen molar-refractivity contribution in [2.24, 2.45) is 5.10 Å². The van der Waals surface area contributed by atoms with Crippen molar-refractivity contribution < 1.29 is 14.3 Å². The van der Waals surface area contributed by atoms with E-state index in [4.69, 9.17) is 9.47 Å². The second-order valence-corrected chi connectivity index (χ2v) is 5.89. The summed E-state index contributed by atoms with van der Waals surface area (Å²) in [5.74, 6) is 0.808. The van der Waals surface area contributed by atoms with Crippen LogP contribution in [0.15, 0.2) is 53.6 Å². The predicted octanol–water partition coefficient (Wildman–Crippen LogP) is 4.42. The van der Waals surface area contributed by atoms with E-state index in [9.17, 15) is 4.79 Å². The van der Waals surface area contributed by atoms with Crippen LogP contribution >= 0.6 is 0 Å². The van der Waals surface area contributed by atoms with Crippen LogP contribution in [0.5, 0.6) is 11.5 Å². The lowest BCUT2D eigenvalue weighted by Crippen LogP contribution is -2.20. The molecule has 0 saturated carbocycles. The van der Waals surface area contributed by atoms with Crippen LogP contribution in [-0.2, 0) is 0 Å². The van der Waals surface area contributed by atoms with Crippen LogP contribution in [0.4, 0.5) is 0 Å². The summed E-state index contributed by atoms with van der Waals surface area (Å²) in [4.78, 5) is 12.5. The fraction of sp³-hybridized carbons (Fsp3) is 0.333. The molecular weight excluding hydrogens is 328 g/mol. The number of amides is 1. The Morgan fingerprint density at radius 1 is 0.962 bits per heavy atom. The topological polar surface area (TPSA) is 59.9 Å².